The van der Waals surface area contributed by atoms with Crippen molar-refractivity contribution in [1.29, 1.82) is 0 Å². The van der Waals surface area contributed by atoms with Crippen molar-refractivity contribution in [3.8, 4) is 0 Å². The van der Waals surface area contributed by atoms with Crippen LogP contribution in [-0.4, -0.2) is 28.3 Å². The first kappa shape index (κ1) is 14.8. The maximum absolute atomic E-state index is 12.0. The summed E-state index contributed by atoms with van der Waals surface area (Å²) in [6.07, 6.45) is 1.74. The van der Waals surface area contributed by atoms with Gasteiger partial charge in [0.2, 0.25) is 0 Å². The molecule has 0 saturated heterocycles. The van der Waals surface area contributed by atoms with Crippen LogP contribution in [-0.2, 0) is 11.3 Å². The first-order chi connectivity index (χ1) is 10.1. The van der Waals surface area contributed by atoms with E-state index in [9.17, 15) is 9.59 Å². The van der Waals surface area contributed by atoms with E-state index in [2.05, 4.69) is 10.4 Å². The van der Waals surface area contributed by atoms with Crippen molar-refractivity contribution in [3.05, 3.63) is 47.8 Å². The van der Waals surface area contributed by atoms with Crippen molar-refractivity contribution in [3.63, 3.8) is 0 Å². The number of hydrogen-bond acceptors (Lipinski definition) is 4. The van der Waals surface area contributed by atoms with Gasteiger partial charge < -0.3 is 10.1 Å². The number of amides is 1. The van der Waals surface area contributed by atoms with Crippen molar-refractivity contribution in [2.24, 2.45) is 0 Å². The summed E-state index contributed by atoms with van der Waals surface area (Å²) >= 11 is 0. The number of ether oxygens (including phenoxy) is 1. The fraction of sp³-hybridized carbons (Fsp3) is 0.267. The zero-order valence-electron chi connectivity index (χ0n) is 12.0. The first-order valence-electron chi connectivity index (χ1n) is 6.76. The molecule has 1 amide bonds. The second-order valence-electron chi connectivity index (χ2n) is 4.31. The summed E-state index contributed by atoms with van der Waals surface area (Å²) in [5.41, 5.74) is 1.25. The number of rotatable bonds is 5. The third-order valence-corrected chi connectivity index (χ3v) is 2.83. The molecule has 6 heteroatoms. The van der Waals surface area contributed by atoms with Crippen LogP contribution in [0.4, 0.5) is 5.69 Å². The molecule has 2 aromatic rings. The van der Waals surface area contributed by atoms with Crippen LogP contribution in [0.2, 0.25) is 0 Å². The van der Waals surface area contributed by atoms with Gasteiger partial charge >= 0.3 is 5.97 Å². The van der Waals surface area contributed by atoms with Gasteiger partial charge in [0, 0.05) is 18.4 Å². The average Bonchev–Trinajstić information content (AvgIpc) is 2.97. The van der Waals surface area contributed by atoms with Crippen LogP contribution in [0.5, 0.6) is 0 Å². The second-order valence-corrected chi connectivity index (χ2v) is 4.31. The van der Waals surface area contributed by atoms with E-state index in [1.165, 1.54) is 0 Å². The van der Waals surface area contributed by atoms with E-state index in [4.69, 9.17) is 4.74 Å². The van der Waals surface area contributed by atoms with Crippen molar-refractivity contribution < 1.29 is 14.3 Å². The van der Waals surface area contributed by atoms with Crippen LogP contribution in [0.25, 0.3) is 0 Å². The topological polar surface area (TPSA) is 73.2 Å². The molecular formula is C15H17N3O3. The van der Waals surface area contributed by atoms with Crippen LogP contribution in [0.3, 0.4) is 0 Å². The lowest BCUT2D eigenvalue weighted by molar-refractivity contribution is 0.0526. The lowest BCUT2D eigenvalue weighted by atomic mass is 10.2. The Bertz CT molecular complexity index is 649. The normalized spacial score (nSPS) is 10.2. The molecule has 0 aliphatic rings. The Kier molecular flexibility index (Phi) is 4.71. The summed E-state index contributed by atoms with van der Waals surface area (Å²) in [4.78, 5) is 23.7. The highest BCUT2D eigenvalue weighted by molar-refractivity contribution is 6.03. The molecule has 1 aromatic heterocycles. The third kappa shape index (κ3) is 3.68. The van der Waals surface area contributed by atoms with E-state index in [0.717, 1.165) is 0 Å². The average molecular weight is 287 g/mol. The highest BCUT2D eigenvalue weighted by Gasteiger charge is 2.11. The second kappa shape index (κ2) is 6.69. The summed E-state index contributed by atoms with van der Waals surface area (Å²) in [5.74, 6) is -0.730. The van der Waals surface area contributed by atoms with Gasteiger partial charge in [-0.1, -0.05) is 6.07 Å². The zero-order chi connectivity index (χ0) is 15.2. The molecule has 1 aromatic carbocycles. The molecule has 6 nitrogen and oxygen atoms in total. The van der Waals surface area contributed by atoms with Gasteiger partial charge in [-0.25, -0.2) is 4.79 Å². The highest BCUT2D eigenvalue weighted by atomic mass is 16.5. The van der Waals surface area contributed by atoms with E-state index in [0.29, 0.717) is 30.1 Å². The third-order valence-electron chi connectivity index (χ3n) is 2.83. The zero-order valence-corrected chi connectivity index (χ0v) is 12.0. The summed E-state index contributed by atoms with van der Waals surface area (Å²) < 4.78 is 6.59. The van der Waals surface area contributed by atoms with Crippen molar-refractivity contribution in [1.82, 2.24) is 9.78 Å². The highest BCUT2D eigenvalue weighted by Crippen LogP contribution is 2.13. The van der Waals surface area contributed by atoms with Gasteiger partial charge in [-0.15, -0.1) is 0 Å². The van der Waals surface area contributed by atoms with Crippen molar-refractivity contribution >= 4 is 17.6 Å². The molecule has 0 saturated carbocycles. The molecule has 0 bridgehead atoms. The van der Waals surface area contributed by atoms with E-state index in [-0.39, 0.29) is 5.91 Å². The van der Waals surface area contributed by atoms with Crippen LogP contribution in [0.15, 0.2) is 36.5 Å². The molecule has 0 spiro atoms. The fourth-order valence-corrected chi connectivity index (χ4v) is 1.79. The van der Waals surface area contributed by atoms with Gasteiger partial charge in [0.05, 0.1) is 12.2 Å². The maximum Gasteiger partial charge on any atom is 0.338 e. The molecule has 110 valence electrons. The van der Waals surface area contributed by atoms with Crippen LogP contribution in [0, 0.1) is 0 Å². The standard InChI is InChI=1S/C15H17N3O3/c1-3-18-9-8-13(17-18)14(19)16-12-7-5-6-11(10-12)15(20)21-4-2/h5-10H,3-4H2,1-2H3,(H,16,19). The number of nitrogens with zero attached hydrogens (tertiary/aromatic N) is 2. The van der Waals surface area contributed by atoms with E-state index < -0.39 is 5.97 Å². The summed E-state index contributed by atoms with van der Waals surface area (Å²) in [6, 6.07) is 8.25. The number of nitrogens with one attached hydrogen (secondary N) is 1. The number of hydrogen-bond donors (Lipinski definition) is 1. The molecule has 1 heterocycles. The van der Waals surface area contributed by atoms with Gasteiger partial charge in [-0.3, -0.25) is 9.48 Å². The Hall–Kier alpha value is -2.63. The lowest BCUT2D eigenvalue weighted by Crippen LogP contribution is -2.14. The molecule has 0 fully saturated rings. The predicted octanol–water partition coefficient (Wildman–Crippen LogP) is 2.33. The van der Waals surface area contributed by atoms with E-state index in [1.54, 1.807) is 48.1 Å². The molecule has 0 unspecified atom stereocenters. The van der Waals surface area contributed by atoms with E-state index in [1.807, 2.05) is 6.92 Å². The molecule has 2 rings (SSSR count). The minimum atomic E-state index is -0.413. The Morgan fingerprint density at radius 3 is 2.76 bits per heavy atom. The molecule has 21 heavy (non-hydrogen) atoms. The SMILES string of the molecule is CCOC(=O)c1cccc(NC(=O)c2ccn(CC)n2)c1. The first-order valence-corrected chi connectivity index (χ1v) is 6.76. The Morgan fingerprint density at radius 1 is 1.29 bits per heavy atom. The minimum Gasteiger partial charge on any atom is -0.462 e. The molecule has 1 N–H and O–H groups in total. The predicted molar refractivity (Wildman–Crippen MR) is 78.3 cm³/mol. The maximum atomic E-state index is 12.0. The smallest absolute Gasteiger partial charge is 0.338 e. The number of benzene rings is 1. The van der Waals surface area contributed by atoms with Gasteiger partial charge in [-0.05, 0) is 38.1 Å². The van der Waals surface area contributed by atoms with Gasteiger partial charge in [0.1, 0.15) is 0 Å². The molecule has 0 radical (unpaired) electrons. The lowest BCUT2D eigenvalue weighted by Gasteiger charge is -2.06. The molecular weight excluding hydrogens is 270 g/mol. The van der Waals surface area contributed by atoms with Crippen LogP contribution < -0.4 is 5.32 Å². The summed E-state index contributed by atoms with van der Waals surface area (Å²) in [6.45, 7) is 4.70. The van der Waals surface area contributed by atoms with Gasteiger partial charge in [0.15, 0.2) is 5.69 Å². The monoisotopic (exact) mass is 287 g/mol. The quantitative estimate of drug-likeness (QED) is 0.857. The fourth-order valence-electron chi connectivity index (χ4n) is 1.79. The number of aromatic nitrogens is 2. The van der Waals surface area contributed by atoms with Crippen LogP contribution in [0.1, 0.15) is 34.7 Å². The molecule has 0 aliphatic heterocycles. The summed E-state index contributed by atoms with van der Waals surface area (Å²) in [5, 5.41) is 6.84. The number of carbonyl (C=O) groups excluding carboxylic acids is 2. The molecule has 0 aliphatic carbocycles. The largest absolute Gasteiger partial charge is 0.462 e. The Balaban J connectivity index is 2.10. The number of anilines is 1. The van der Waals surface area contributed by atoms with Crippen molar-refractivity contribution in [2.45, 2.75) is 20.4 Å². The Morgan fingerprint density at radius 2 is 2.10 bits per heavy atom. The Labute approximate surface area is 122 Å². The summed E-state index contributed by atoms with van der Waals surface area (Å²) in [7, 11) is 0. The van der Waals surface area contributed by atoms with Gasteiger partial charge in [-0.2, -0.15) is 5.10 Å². The van der Waals surface area contributed by atoms with Gasteiger partial charge in [0.25, 0.3) is 5.91 Å². The van der Waals surface area contributed by atoms with Crippen molar-refractivity contribution in [2.75, 3.05) is 11.9 Å². The van der Waals surface area contributed by atoms with E-state index >= 15 is 0 Å². The number of esters is 1. The number of carbonyl (C=O) groups is 2. The number of aryl methyl sites for hydroxylation is 1. The van der Waals surface area contributed by atoms with Crippen LogP contribution >= 0.6 is 0 Å². The minimum absolute atomic E-state index is 0.309. The molecule has 0 atom stereocenters.